The van der Waals surface area contributed by atoms with E-state index in [0.29, 0.717) is 31.6 Å². The van der Waals surface area contributed by atoms with Crippen LogP contribution in [0, 0.1) is 0 Å². The molecule has 138 valence electrons. The number of nitrogens with zero attached hydrogens (tertiary/aromatic N) is 2. The van der Waals surface area contributed by atoms with Crippen LogP contribution in [0.25, 0.3) is 0 Å². The summed E-state index contributed by atoms with van der Waals surface area (Å²) in [5.74, 6) is 0.652. The third kappa shape index (κ3) is 4.13. The minimum Gasteiger partial charge on any atom is -0.494 e. The third-order valence-corrected chi connectivity index (χ3v) is 5.80. The number of rotatable bonds is 8. The number of hydrogen-bond donors (Lipinski definition) is 1. The van der Waals surface area contributed by atoms with Crippen LogP contribution < -0.4 is 10.1 Å². The zero-order chi connectivity index (χ0) is 18.6. The number of benzene rings is 1. The highest BCUT2D eigenvalue weighted by atomic mass is 32.2. The Morgan fingerprint density at radius 2 is 2.19 bits per heavy atom. The van der Waals surface area contributed by atoms with Crippen molar-refractivity contribution < 1.29 is 17.9 Å². The van der Waals surface area contributed by atoms with Gasteiger partial charge < -0.3 is 14.6 Å². The summed E-state index contributed by atoms with van der Waals surface area (Å²) >= 11 is 0. The van der Waals surface area contributed by atoms with Gasteiger partial charge in [0.15, 0.2) is 0 Å². The smallest absolute Gasteiger partial charge is 0.227 e. The molecule has 0 saturated heterocycles. The van der Waals surface area contributed by atoms with Gasteiger partial charge in [-0.25, -0.2) is 13.4 Å². The van der Waals surface area contributed by atoms with Crippen LogP contribution in [0.2, 0.25) is 0 Å². The summed E-state index contributed by atoms with van der Waals surface area (Å²) in [6.07, 6.45) is 6.22. The van der Waals surface area contributed by atoms with Gasteiger partial charge in [0.1, 0.15) is 5.75 Å². The monoisotopic (exact) mass is 375 g/mol. The first-order valence-corrected chi connectivity index (χ1v) is 10.1. The first-order valence-electron chi connectivity index (χ1n) is 8.40. The van der Waals surface area contributed by atoms with Gasteiger partial charge in [0.05, 0.1) is 12.4 Å². The molecule has 1 aliphatic heterocycles. The molecule has 1 N–H and O–H groups in total. The molecule has 1 amide bonds. The second-order valence-electron chi connectivity index (χ2n) is 6.04. The van der Waals surface area contributed by atoms with Gasteiger partial charge in [-0.05, 0) is 36.6 Å². The lowest BCUT2D eigenvalue weighted by molar-refractivity contribution is -0.116. The molecule has 0 spiro atoms. The van der Waals surface area contributed by atoms with Crippen molar-refractivity contribution in [2.24, 2.45) is 0 Å². The van der Waals surface area contributed by atoms with Crippen LogP contribution in [-0.4, -0.2) is 36.2 Å². The van der Waals surface area contributed by atoms with E-state index in [1.807, 2.05) is 12.1 Å². The highest BCUT2D eigenvalue weighted by Gasteiger charge is 2.20. The van der Waals surface area contributed by atoms with Crippen LogP contribution in [0.15, 0.2) is 48.4 Å². The number of aromatic nitrogens is 2. The number of carbonyl (C=O) groups is 1. The van der Waals surface area contributed by atoms with E-state index in [-0.39, 0.29) is 23.4 Å². The van der Waals surface area contributed by atoms with Gasteiger partial charge in [-0.15, -0.1) is 6.58 Å². The number of fused-ring (bicyclic) bond motifs is 1. The predicted molar refractivity (Wildman–Crippen MR) is 98.0 cm³/mol. The molecule has 0 unspecified atom stereocenters. The van der Waals surface area contributed by atoms with Gasteiger partial charge in [-0.1, -0.05) is 6.08 Å². The third-order valence-electron chi connectivity index (χ3n) is 4.08. The van der Waals surface area contributed by atoms with Crippen molar-refractivity contribution in [2.75, 3.05) is 17.7 Å². The van der Waals surface area contributed by atoms with E-state index in [4.69, 9.17) is 4.74 Å². The summed E-state index contributed by atoms with van der Waals surface area (Å²) in [5.41, 5.74) is 1.84. The molecule has 0 aliphatic carbocycles. The maximum atomic E-state index is 12.4. The summed E-state index contributed by atoms with van der Waals surface area (Å²) in [6, 6.07) is 5.47. The molecule has 7 nitrogen and oxygen atoms in total. The minimum absolute atomic E-state index is 0.0196. The van der Waals surface area contributed by atoms with Crippen molar-refractivity contribution in [1.29, 1.82) is 0 Å². The Kier molecular flexibility index (Phi) is 5.41. The van der Waals surface area contributed by atoms with E-state index in [0.717, 1.165) is 11.3 Å². The Bertz CT molecular complexity index is 918. The molecule has 1 aromatic heterocycles. The number of amides is 1. The van der Waals surface area contributed by atoms with E-state index in [9.17, 15) is 13.2 Å². The molecule has 1 aromatic carbocycles. The molecule has 3 rings (SSSR count). The maximum absolute atomic E-state index is 12.4. The molecule has 2 heterocycles. The molecule has 0 fully saturated rings. The molecule has 26 heavy (non-hydrogen) atoms. The van der Waals surface area contributed by atoms with Crippen molar-refractivity contribution >= 4 is 21.4 Å². The molecular weight excluding hydrogens is 354 g/mol. The second-order valence-corrected chi connectivity index (χ2v) is 8.04. The standard InChI is InChI=1S/C18H21N3O4S/c1-2-9-21-10-8-19-18(21)26(23,24)12-3-11-25-15-5-6-16-14(13-15)4-7-17(22)20-16/h2,5-6,8,10,13H,1,3-4,7,9,11-12H2,(H,20,22). The van der Waals surface area contributed by atoms with Gasteiger partial charge in [0, 0.05) is 31.0 Å². The van der Waals surface area contributed by atoms with Gasteiger partial charge in [-0.2, -0.15) is 0 Å². The number of sulfone groups is 1. The summed E-state index contributed by atoms with van der Waals surface area (Å²) < 4.78 is 32.0. The number of carbonyl (C=O) groups excluding carboxylic acids is 1. The predicted octanol–water partition coefficient (Wildman–Crippen LogP) is 2.20. The maximum Gasteiger partial charge on any atom is 0.227 e. The fourth-order valence-electron chi connectivity index (χ4n) is 2.83. The minimum atomic E-state index is -3.47. The first-order chi connectivity index (χ1) is 12.5. The highest BCUT2D eigenvalue weighted by molar-refractivity contribution is 7.91. The van der Waals surface area contributed by atoms with Crippen molar-refractivity contribution in [1.82, 2.24) is 9.55 Å². The van der Waals surface area contributed by atoms with E-state index in [1.54, 1.807) is 22.9 Å². The Labute approximate surface area is 152 Å². The van der Waals surface area contributed by atoms with Crippen LogP contribution in [-0.2, 0) is 27.6 Å². The van der Waals surface area contributed by atoms with Crippen LogP contribution in [0.4, 0.5) is 5.69 Å². The fraction of sp³-hybridized carbons (Fsp3) is 0.333. The normalized spacial score (nSPS) is 13.8. The number of imidazole rings is 1. The van der Waals surface area contributed by atoms with Gasteiger partial charge in [0.25, 0.3) is 0 Å². The van der Waals surface area contributed by atoms with Crippen LogP contribution in [0.5, 0.6) is 5.75 Å². The molecule has 8 heteroatoms. The topological polar surface area (TPSA) is 90.3 Å². The quantitative estimate of drug-likeness (QED) is 0.564. The first kappa shape index (κ1) is 18.2. The lowest BCUT2D eigenvalue weighted by Gasteiger charge is -2.17. The second kappa shape index (κ2) is 7.74. The zero-order valence-corrected chi connectivity index (χ0v) is 15.2. The summed E-state index contributed by atoms with van der Waals surface area (Å²) in [6.45, 7) is 4.30. The van der Waals surface area contributed by atoms with Crippen molar-refractivity contribution in [3.8, 4) is 5.75 Å². The lowest BCUT2D eigenvalue weighted by Crippen LogP contribution is -2.19. The van der Waals surface area contributed by atoms with Gasteiger partial charge in [-0.3, -0.25) is 4.79 Å². The van der Waals surface area contributed by atoms with Crippen molar-refractivity contribution in [3.05, 3.63) is 48.8 Å². The van der Waals surface area contributed by atoms with E-state index >= 15 is 0 Å². The van der Waals surface area contributed by atoms with Crippen LogP contribution >= 0.6 is 0 Å². The Balaban J connectivity index is 1.54. The van der Waals surface area contributed by atoms with E-state index < -0.39 is 9.84 Å². The van der Waals surface area contributed by atoms with Crippen LogP contribution in [0.1, 0.15) is 18.4 Å². The Morgan fingerprint density at radius 3 is 3.00 bits per heavy atom. The van der Waals surface area contributed by atoms with Crippen molar-refractivity contribution in [2.45, 2.75) is 31.0 Å². The van der Waals surface area contributed by atoms with E-state index in [1.165, 1.54) is 6.20 Å². The molecular formula is C18H21N3O4S. The SMILES string of the molecule is C=CCn1ccnc1S(=O)(=O)CCCOc1ccc2c(c1)CCC(=O)N2. The van der Waals surface area contributed by atoms with Gasteiger partial charge in [0.2, 0.25) is 20.9 Å². The summed E-state index contributed by atoms with van der Waals surface area (Å²) in [5, 5.41) is 2.87. The highest BCUT2D eigenvalue weighted by Crippen LogP contribution is 2.26. The molecule has 0 saturated carbocycles. The molecule has 0 bridgehead atoms. The van der Waals surface area contributed by atoms with Crippen LogP contribution in [0.3, 0.4) is 0 Å². The number of anilines is 1. The van der Waals surface area contributed by atoms with Crippen molar-refractivity contribution in [3.63, 3.8) is 0 Å². The fourth-order valence-corrected chi connectivity index (χ4v) is 4.23. The average molecular weight is 375 g/mol. The van der Waals surface area contributed by atoms with Gasteiger partial charge >= 0.3 is 0 Å². The molecule has 0 atom stereocenters. The summed E-state index contributed by atoms with van der Waals surface area (Å²) in [7, 11) is -3.47. The summed E-state index contributed by atoms with van der Waals surface area (Å²) in [4.78, 5) is 15.3. The zero-order valence-electron chi connectivity index (χ0n) is 14.3. The number of allylic oxidation sites excluding steroid dienone is 1. The Morgan fingerprint density at radius 1 is 1.35 bits per heavy atom. The number of ether oxygens (including phenoxy) is 1. The molecule has 2 aromatic rings. The number of aryl methyl sites for hydroxylation is 1. The lowest BCUT2D eigenvalue weighted by atomic mass is 10.0. The number of nitrogens with one attached hydrogen (secondary N) is 1. The average Bonchev–Trinajstić information content (AvgIpc) is 3.08. The Hall–Kier alpha value is -2.61. The molecule has 0 radical (unpaired) electrons. The van der Waals surface area contributed by atoms with E-state index in [2.05, 4.69) is 16.9 Å². The molecule has 1 aliphatic rings. The largest absolute Gasteiger partial charge is 0.494 e. The number of hydrogen-bond acceptors (Lipinski definition) is 5.